The van der Waals surface area contributed by atoms with Crippen LogP contribution < -0.4 is 5.73 Å². The largest absolute Gasteiger partial charge is 0.330 e. The Bertz CT molecular complexity index is 600. The van der Waals surface area contributed by atoms with E-state index in [1.54, 1.807) is 0 Å². The van der Waals surface area contributed by atoms with E-state index in [1.165, 1.54) is 17.5 Å². The summed E-state index contributed by atoms with van der Waals surface area (Å²) in [6.07, 6.45) is 5.34. The highest BCUT2D eigenvalue weighted by molar-refractivity contribution is 5.35. The Morgan fingerprint density at radius 1 is 1.27 bits per heavy atom. The minimum absolute atomic E-state index is 0.563. The molecule has 118 valence electrons. The molecule has 1 fully saturated rings. The molecule has 1 saturated heterocycles. The highest BCUT2D eigenvalue weighted by Crippen LogP contribution is 2.19. The molecule has 0 bridgehead atoms. The summed E-state index contributed by atoms with van der Waals surface area (Å²) in [5, 5.41) is 4.51. The normalized spacial score (nSPS) is 19.2. The minimum atomic E-state index is 0.563. The van der Waals surface area contributed by atoms with Gasteiger partial charge in [-0.2, -0.15) is 5.10 Å². The quantitative estimate of drug-likeness (QED) is 0.923. The molecule has 4 nitrogen and oxygen atoms in total. The van der Waals surface area contributed by atoms with Gasteiger partial charge in [0, 0.05) is 24.8 Å². The van der Waals surface area contributed by atoms with Crippen LogP contribution in [0.5, 0.6) is 0 Å². The molecule has 2 aromatic rings. The van der Waals surface area contributed by atoms with Gasteiger partial charge in [0.1, 0.15) is 0 Å². The lowest BCUT2D eigenvalue weighted by Gasteiger charge is -2.14. The molecule has 4 heteroatoms. The fourth-order valence-corrected chi connectivity index (χ4v) is 3.10. The summed E-state index contributed by atoms with van der Waals surface area (Å²) in [5.41, 5.74) is 9.51. The smallest absolute Gasteiger partial charge is 0.0645 e. The number of benzene rings is 1. The van der Waals surface area contributed by atoms with Crippen LogP contribution in [0.15, 0.2) is 36.7 Å². The zero-order valence-electron chi connectivity index (χ0n) is 13.6. The van der Waals surface area contributed by atoms with Crippen LogP contribution in [0.1, 0.15) is 37.3 Å². The van der Waals surface area contributed by atoms with Crippen molar-refractivity contribution in [1.82, 2.24) is 14.7 Å². The molecule has 0 amide bonds. The number of hydrogen-bond acceptors (Lipinski definition) is 3. The van der Waals surface area contributed by atoms with Gasteiger partial charge in [0.15, 0.2) is 0 Å². The average Bonchev–Trinajstić information content (AvgIpc) is 3.17. The lowest BCUT2D eigenvalue weighted by atomic mass is 10.0. The van der Waals surface area contributed by atoms with E-state index in [4.69, 9.17) is 5.73 Å². The van der Waals surface area contributed by atoms with Crippen LogP contribution >= 0.6 is 0 Å². The third-order valence-corrected chi connectivity index (χ3v) is 4.57. The van der Waals surface area contributed by atoms with Gasteiger partial charge < -0.3 is 5.73 Å². The molecular formula is C18H26N4. The van der Waals surface area contributed by atoms with Gasteiger partial charge in [0.2, 0.25) is 0 Å². The van der Waals surface area contributed by atoms with Crippen molar-refractivity contribution in [3.63, 3.8) is 0 Å². The average molecular weight is 298 g/mol. The second-order valence-electron chi connectivity index (χ2n) is 6.66. The van der Waals surface area contributed by atoms with Gasteiger partial charge in [-0.3, -0.25) is 4.90 Å². The first-order valence-corrected chi connectivity index (χ1v) is 8.22. The lowest BCUT2D eigenvalue weighted by molar-refractivity contribution is 0.318. The van der Waals surface area contributed by atoms with E-state index in [-0.39, 0.29) is 0 Å². The molecular weight excluding hydrogens is 272 g/mol. The molecule has 0 radical (unpaired) electrons. The molecule has 2 heterocycles. The molecule has 0 unspecified atom stereocenters. The van der Waals surface area contributed by atoms with E-state index >= 15 is 0 Å². The highest BCUT2D eigenvalue weighted by atomic mass is 15.3. The van der Waals surface area contributed by atoms with Crippen LogP contribution in [0.4, 0.5) is 0 Å². The Balaban J connectivity index is 1.66. The number of hydrogen-bond donors (Lipinski definition) is 1. The molecule has 3 rings (SSSR count). The van der Waals surface area contributed by atoms with Crippen molar-refractivity contribution in [3.8, 4) is 5.69 Å². The first-order chi connectivity index (χ1) is 10.7. The summed E-state index contributed by atoms with van der Waals surface area (Å²) in [7, 11) is 0. The molecule has 22 heavy (non-hydrogen) atoms. The van der Waals surface area contributed by atoms with Crippen molar-refractivity contribution in [2.24, 2.45) is 11.7 Å². The molecule has 2 N–H and O–H groups in total. The summed E-state index contributed by atoms with van der Waals surface area (Å²) < 4.78 is 1.97. The molecule has 1 aliphatic rings. The SMILES string of the molecule is CC(C)c1ccc(-n2cc(CN3CC[C@@H](CN)C3)cn2)cc1. The van der Waals surface area contributed by atoms with Crippen LogP contribution in [0.3, 0.4) is 0 Å². The van der Waals surface area contributed by atoms with E-state index in [0.717, 1.165) is 31.9 Å². The maximum Gasteiger partial charge on any atom is 0.0645 e. The van der Waals surface area contributed by atoms with Gasteiger partial charge >= 0.3 is 0 Å². The Morgan fingerprint density at radius 2 is 2.05 bits per heavy atom. The molecule has 1 aliphatic heterocycles. The van der Waals surface area contributed by atoms with E-state index in [2.05, 4.69) is 54.3 Å². The molecule has 1 atom stereocenters. The second kappa shape index (κ2) is 6.63. The van der Waals surface area contributed by atoms with E-state index in [9.17, 15) is 0 Å². The summed E-state index contributed by atoms with van der Waals surface area (Å²) in [6, 6.07) is 8.67. The van der Waals surface area contributed by atoms with E-state index in [1.807, 2.05) is 10.9 Å². The zero-order chi connectivity index (χ0) is 15.5. The Labute approximate surface area is 132 Å². The third kappa shape index (κ3) is 3.39. The van der Waals surface area contributed by atoms with Crippen molar-refractivity contribution < 1.29 is 0 Å². The number of likely N-dealkylation sites (tertiary alicyclic amines) is 1. The number of nitrogens with two attached hydrogens (primary N) is 1. The van der Waals surface area contributed by atoms with E-state index < -0.39 is 0 Å². The van der Waals surface area contributed by atoms with Crippen LogP contribution in [0.2, 0.25) is 0 Å². The van der Waals surface area contributed by atoms with Gasteiger partial charge in [-0.1, -0.05) is 26.0 Å². The van der Waals surface area contributed by atoms with Crippen molar-refractivity contribution >= 4 is 0 Å². The summed E-state index contributed by atoms with van der Waals surface area (Å²) in [6.45, 7) is 8.47. The summed E-state index contributed by atoms with van der Waals surface area (Å²) >= 11 is 0. The van der Waals surface area contributed by atoms with Gasteiger partial charge in [0.25, 0.3) is 0 Å². The number of rotatable bonds is 5. The van der Waals surface area contributed by atoms with Crippen LogP contribution in [-0.2, 0) is 6.54 Å². The topological polar surface area (TPSA) is 47.1 Å². The van der Waals surface area contributed by atoms with Gasteiger partial charge in [-0.05, 0) is 49.0 Å². The third-order valence-electron chi connectivity index (χ3n) is 4.57. The fourth-order valence-electron chi connectivity index (χ4n) is 3.10. The predicted octanol–water partition coefficient (Wildman–Crippen LogP) is 2.78. The highest BCUT2D eigenvalue weighted by Gasteiger charge is 2.21. The van der Waals surface area contributed by atoms with Crippen molar-refractivity contribution in [3.05, 3.63) is 47.8 Å². The van der Waals surface area contributed by atoms with Crippen molar-refractivity contribution in [2.75, 3.05) is 19.6 Å². The monoisotopic (exact) mass is 298 g/mol. The zero-order valence-corrected chi connectivity index (χ0v) is 13.6. The maximum absolute atomic E-state index is 5.76. The lowest BCUT2D eigenvalue weighted by Crippen LogP contribution is -2.22. The standard InChI is InChI=1S/C18H26N4/c1-14(2)17-3-5-18(6-4-17)22-13-16(10-20-22)12-21-8-7-15(9-19)11-21/h3-6,10,13-15H,7-9,11-12,19H2,1-2H3/t15-/m0/s1. The Hall–Kier alpha value is -1.65. The Morgan fingerprint density at radius 3 is 2.68 bits per heavy atom. The van der Waals surface area contributed by atoms with Crippen LogP contribution in [0, 0.1) is 5.92 Å². The molecule has 0 aliphatic carbocycles. The number of aromatic nitrogens is 2. The van der Waals surface area contributed by atoms with Crippen LogP contribution in [-0.4, -0.2) is 34.3 Å². The summed E-state index contributed by atoms with van der Waals surface area (Å²) in [5.74, 6) is 1.23. The molecule has 0 spiro atoms. The van der Waals surface area contributed by atoms with E-state index in [0.29, 0.717) is 11.8 Å². The maximum atomic E-state index is 5.76. The van der Waals surface area contributed by atoms with Gasteiger partial charge in [-0.15, -0.1) is 0 Å². The minimum Gasteiger partial charge on any atom is -0.330 e. The molecule has 0 saturated carbocycles. The van der Waals surface area contributed by atoms with Gasteiger partial charge in [0.05, 0.1) is 11.9 Å². The Kier molecular flexibility index (Phi) is 4.60. The summed E-state index contributed by atoms with van der Waals surface area (Å²) in [4.78, 5) is 2.47. The molecule has 1 aromatic carbocycles. The number of nitrogens with zero attached hydrogens (tertiary/aromatic N) is 3. The van der Waals surface area contributed by atoms with Crippen LogP contribution in [0.25, 0.3) is 5.69 Å². The van der Waals surface area contributed by atoms with Crippen molar-refractivity contribution in [1.29, 1.82) is 0 Å². The molecule has 1 aromatic heterocycles. The van der Waals surface area contributed by atoms with Gasteiger partial charge in [-0.25, -0.2) is 4.68 Å². The fraction of sp³-hybridized carbons (Fsp3) is 0.500. The first kappa shape index (κ1) is 15.3. The predicted molar refractivity (Wildman–Crippen MR) is 90.1 cm³/mol. The van der Waals surface area contributed by atoms with Crippen molar-refractivity contribution in [2.45, 2.75) is 32.7 Å². The second-order valence-corrected chi connectivity index (χ2v) is 6.66. The first-order valence-electron chi connectivity index (χ1n) is 8.22.